The lowest BCUT2D eigenvalue weighted by atomic mass is 10.1. The highest BCUT2D eigenvalue weighted by Gasteiger charge is 2.23. The van der Waals surface area contributed by atoms with E-state index in [0.29, 0.717) is 17.2 Å². The number of sulfone groups is 1. The molecular formula is C18H30IN3O3S. The predicted octanol–water partition coefficient (Wildman–Crippen LogP) is 2.40. The minimum absolute atomic E-state index is 0. The van der Waals surface area contributed by atoms with Crippen LogP contribution in [0.25, 0.3) is 0 Å². The molecule has 1 aromatic carbocycles. The Kier molecular flexibility index (Phi) is 9.88. The van der Waals surface area contributed by atoms with Gasteiger partial charge < -0.3 is 15.0 Å². The monoisotopic (exact) mass is 495 g/mol. The van der Waals surface area contributed by atoms with Crippen molar-refractivity contribution in [1.82, 2.24) is 10.2 Å². The summed E-state index contributed by atoms with van der Waals surface area (Å²) in [5.41, 5.74) is 0. The summed E-state index contributed by atoms with van der Waals surface area (Å²) in [6.07, 6.45) is 1.76. The number of halogens is 1. The number of nitrogens with one attached hydrogen (secondary N) is 1. The molecule has 0 aromatic heterocycles. The van der Waals surface area contributed by atoms with Gasteiger partial charge in [-0.3, -0.25) is 4.99 Å². The Morgan fingerprint density at radius 1 is 1.38 bits per heavy atom. The molecule has 1 saturated heterocycles. The van der Waals surface area contributed by atoms with Crippen molar-refractivity contribution in [2.24, 2.45) is 10.9 Å². The third-order valence-corrected chi connectivity index (χ3v) is 6.31. The summed E-state index contributed by atoms with van der Waals surface area (Å²) in [7, 11) is 0.373. The van der Waals surface area contributed by atoms with Gasteiger partial charge in [0.25, 0.3) is 0 Å². The molecule has 1 aliphatic rings. The number of nitrogens with zero attached hydrogens (tertiary/aromatic N) is 2. The average Bonchev–Trinajstić information content (AvgIpc) is 3.12. The number of rotatable bonds is 7. The Morgan fingerprint density at radius 3 is 2.62 bits per heavy atom. The van der Waals surface area contributed by atoms with Crippen LogP contribution >= 0.6 is 24.0 Å². The maximum Gasteiger partial charge on any atom is 0.193 e. The van der Waals surface area contributed by atoms with Crippen molar-refractivity contribution in [2.75, 3.05) is 39.6 Å². The summed E-state index contributed by atoms with van der Waals surface area (Å²) < 4.78 is 30.6. The first-order chi connectivity index (χ1) is 12.0. The van der Waals surface area contributed by atoms with Crippen molar-refractivity contribution in [3.8, 4) is 0 Å². The molecule has 2 rings (SSSR count). The van der Waals surface area contributed by atoms with Crippen LogP contribution in [0.5, 0.6) is 0 Å². The highest BCUT2D eigenvalue weighted by Crippen LogP contribution is 2.15. The Morgan fingerprint density at radius 2 is 2.08 bits per heavy atom. The lowest BCUT2D eigenvalue weighted by Crippen LogP contribution is -2.48. The summed E-state index contributed by atoms with van der Waals surface area (Å²) in [6, 6.07) is 8.41. The first-order valence-electron chi connectivity index (χ1n) is 8.76. The molecule has 148 valence electrons. The van der Waals surface area contributed by atoms with Gasteiger partial charge in [0.05, 0.1) is 17.3 Å². The molecule has 1 aliphatic heterocycles. The summed E-state index contributed by atoms with van der Waals surface area (Å²) in [4.78, 5) is 6.73. The number of benzene rings is 1. The molecule has 6 nitrogen and oxygen atoms in total. The first kappa shape index (κ1) is 23.2. The Hall–Kier alpha value is -0.870. The quantitative estimate of drug-likeness (QED) is 0.358. The Bertz CT molecular complexity index is 662. The van der Waals surface area contributed by atoms with Gasteiger partial charge in [0, 0.05) is 39.2 Å². The molecule has 0 saturated carbocycles. The summed E-state index contributed by atoms with van der Waals surface area (Å²) in [6.45, 7) is 4.43. The van der Waals surface area contributed by atoms with Gasteiger partial charge >= 0.3 is 0 Å². The number of hydrogen-bond donors (Lipinski definition) is 1. The molecule has 8 heteroatoms. The maximum absolute atomic E-state index is 12.6. The molecule has 1 N–H and O–H groups in total. The van der Waals surface area contributed by atoms with Gasteiger partial charge in [-0.2, -0.15) is 0 Å². The smallest absolute Gasteiger partial charge is 0.193 e. The Balaban J connectivity index is 0.00000338. The maximum atomic E-state index is 12.6. The number of hydrogen-bond acceptors (Lipinski definition) is 4. The van der Waals surface area contributed by atoms with E-state index in [0.717, 1.165) is 32.1 Å². The minimum atomic E-state index is -3.33. The molecule has 1 fully saturated rings. The van der Waals surface area contributed by atoms with Crippen molar-refractivity contribution in [3.05, 3.63) is 30.3 Å². The van der Waals surface area contributed by atoms with Crippen LogP contribution in [0.4, 0.5) is 0 Å². The molecular weight excluding hydrogens is 465 g/mol. The van der Waals surface area contributed by atoms with Crippen LogP contribution in [0.3, 0.4) is 0 Å². The molecule has 2 atom stereocenters. The van der Waals surface area contributed by atoms with Crippen LogP contribution in [-0.4, -0.2) is 64.9 Å². The normalized spacial score (nSPS) is 18.9. The molecule has 0 amide bonds. The second-order valence-electron chi connectivity index (χ2n) is 6.50. The molecule has 0 bridgehead atoms. The SMILES string of the molecule is CCC(CS(=O)(=O)c1ccccc1)NC(=NC)N(C)CC1CCOC1.I. The average molecular weight is 495 g/mol. The van der Waals surface area contributed by atoms with Gasteiger partial charge in [0.15, 0.2) is 15.8 Å². The van der Waals surface area contributed by atoms with Gasteiger partial charge in [-0.25, -0.2) is 8.42 Å². The summed E-state index contributed by atoms with van der Waals surface area (Å²) in [5.74, 6) is 1.27. The third kappa shape index (κ3) is 6.70. The molecule has 1 aromatic rings. The van der Waals surface area contributed by atoms with Crippen molar-refractivity contribution < 1.29 is 13.2 Å². The van der Waals surface area contributed by atoms with E-state index in [1.54, 1.807) is 31.3 Å². The van der Waals surface area contributed by atoms with Crippen molar-refractivity contribution in [2.45, 2.75) is 30.7 Å². The van der Waals surface area contributed by atoms with Crippen LogP contribution < -0.4 is 5.32 Å². The zero-order valence-electron chi connectivity index (χ0n) is 15.7. The van der Waals surface area contributed by atoms with E-state index in [-0.39, 0.29) is 35.8 Å². The lowest BCUT2D eigenvalue weighted by molar-refractivity contribution is 0.181. The van der Waals surface area contributed by atoms with Crippen molar-refractivity contribution >= 4 is 39.8 Å². The van der Waals surface area contributed by atoms with Gasteiger partial charge in [-0.05, 0) is 25.0 Å². The van der Waals surface area contributed by atoms with E-state index in [1.165, 1.54) is 0 Å². The highest BCUT2D eigenvalue weighted by molar-refractivity contribution is 14.0. The highest BCUT2D eigenvalue weighted by atomic mass is 127. The van der Waals surface area contributed by atoms with Crippen LogP contribution in [0.2, 0.25) is 0 Å². The standard InChI is InChI=1S/C18H29N3O3S.HI/c1-4-16(14-25(22,23)17-8-6-5-7-9-17)20-18(19-2)21(3)12-15-10-11-24-13-15;/h5-9,15-16H,4,10-14H2,1-3H3,(H,19,20);1H. The van der Waals surface area contributed by atoms with Crippen LogP contribution in [0, 0.1) is 5.92 Å². The second-order valence-corrected chi connectivity index (χ2v) is 8.54. The lowest BCUT2D eigenvalue weighted by Gasteiger charge is -2.28. The van der Waals surface area contributed by atoms with Crippen molar-refractivity contribution in [1.29, 1.82) is 0 Å². The fourth-order valence-electron chi connectivity index (χ4n) is 2.98. The van der Waals surface area contributed by atoms with Gasteiger partial charge in [-0.15, -0.1) is 24.0 Å². The van der Waals surface area contributed by atoms with Crippen molar-refractivity contribution in [3.63, 3.8) is 0 Å². The molecule has 2 unspecified atom stereocenters. The zero-order chi connectivity index (χ0) is 18.3. The molecule has 0 aliphatic carbocycles. The molecule has 1 heterocycles. The number of guanidine groups is 1. The van der Waals surface area contributed by atoms with E-state index in [1.807, 2.05) is 20.0 Å². The van der Waals surface area contributed by atoms with Crippen LogP contribution in [-0.2, 0) is 14.6 Å². The van der Waals surface area contributed by atoms with Crippen LogP contribution in [0.1, 0.15) is 19.8 Å². The fourth-order valence-corrected chi connectivity index (χ4v) is 4.59. The van der Waals surface area contributed by atoms with Crippen LogP contribution in [0.15, 0.2) is 40.2 Å². The van der Waals surface area contributed by atoms with E-state index >= 15 is 0 Å². The zero-order valence-corrected chi connectivity index (χ0v) is 18.9. The fraction of sp³-hybridized carbons (Fsp3) is 0.611. The first-order valence-corrected chi connectivity index (χ1v) is 10.4. The van der Waals surface area contributed by atoms with Gasteiger partial charge in [0.1, 0.15) is 0 Å². The summed E-state index contributed by atoms with van der Waals surface area (Å²) >= 11 is 0. The van der Waals surface area contributed by atoms with E-state index < -0.39 is 9.84 Å². The van der Waals surface area contributed by atoms with E-state index in [4.69, 9.17) is 4.74 Å². The Labute approximate surface area is 174 Å². The second kappa shape index (κ2) is 11.1. The van der Waals surface area contributed by atoms with Gasteiger partial charge in [-0.1, -0.05) is 25.1 Å². The molecule has 0 spiro atoms. The predicted molar refractivity (Wildman–Crippen MR) is 116 cm³/mol. The molecule has 0 radical (unpaired) electrons. The largest absolute Gasteiger partial charge is 0.381 e. The number of ether oxygens (including phenoxy) is 1. The summed E-state index contributed by atoms with van der Waals surface area (Å²) in [5, 5.41) is 3.31. The molecule has 26 heavy (non-hydrogen) atoms. The van der Waals surface area contributed by atoms with E-state index in [9.17, 15) is 8.42 Å². The van der Waals surface area contributed by atoms with Gasteiger partial charge in [0.2, 0.25) is 0 Å². The third-order valence-electron chi connectivity index (χ3n) is 4.48. The topological polar surface area (TPSA) is 71.0 Å². The minimum Gasteiger partial charge on any atom is -0.381 e. The number of aliphatic imine (C=N–C) groups is 1. The van der Waals surface area contributed by atoms with E-state index in [2.05, 4.69) is 15.2 Å².